The molecule has 2 N–H and O–H groups in total. The first kappa shape index (κ1) is 20.9. The maximum Gasteiger partial charge on any atom is 0.191 e. The van der Waals surface area contributed by atoms with Crippen LogP contribution in [-0.4, -0.2) is 63.8 Å². The van der Waals surface area contributed by atoms with E-state index in [2.05, 4.69) is 61.0 Å². The molecule has 0 saturated carbocycles. The average Bonchev–Trinajstić information content (AvgIpc) is 3.09. The number of nitrogens with zero attached hydrogens (tertiary/aromatic N) is 2. The lowest BCUT2D eigenvalue weighted by Crippen LogP contribution is -2.39. The lowest BCUT2D eigenvalue weighted by atomic mass is 10.1. The highest BCUT2D eigenvalue weighted by atomic mass is 32.1. The summed E-state index contributed by atoms with van der Waals surface area (Å²) in [4.78, 5) is 8.30. The quantitative estimate of drug-likeness (QED) is 0.474. The minimum absolute atomic E-state index is 0.169. The minimum atomic E-state index is 0.169. The molecule has 0 aliphatic carbocycles. The van der Waals surface area contributed by atoms with E-state index >= 15 is 0 Å². The lowest BCUT2D eigenvalue weighted by Gasteiger charge is -2.19. The van der Waals surface area contributed by atoms with E-state index < -0.39 is 0 Å². The van der Waals surface area contributed by atoms with Gasteiger partial charge in [-0.15, -0.1) is 11.3 Å². The van der Waals surface area contributed by atoms with Gasteiger partial charge in [0.15, 0.2) is 5.96 Å². The van der Waals surface area contributed by atoms with Crippen LogP contribution in [0.2, 0.25) is 0 Å². The Morgan fingerprint density at radius 2 is 2.12 bits per heavy atom. The topological polar surface area (TPSA) is 48.9 Å². The smallest absolute Gasteiger partial charge is 0.191 e. The van der Waals surface area contributed by atoms with Crippen molar-refractivity contribution in [1.82, 2.24) is 15.5 Å². The Morgan fingerprint density at radius 3 is 2.71 bits per heavy atom. The zero-order valence-electron chi connectivity index (χ0n) is 15.8. The largest absolute Gasteiger partial charge is 0.377 e. The van der Waals surface area contributed by atoms with E-state index in [0.717, 1.165) is 38.6 Å². The standard InChI is InChI=1S/C18H34N4OS/c1-6-19-18(20-13-15(3)17-9-8-12-24-17)21-14-16(23-7-2)10-11-22(4)5/h8-9,12,15-16H,6-7,10-11,13-14H2,1-5H3,(H2,19,20,21). The van der Waals surface area contributed by atoms with Crippen LogP contribution in [-0.2, 0) is 4.74 Å². The molecule has 0 aromatic carbocycles. The molecular formula is C18H34N4OS. The summed E-state index contributed by atoms with van der Waals surface area (Å²) in [7, 11) is 4.17. The summed E-state index contributed by atoms with van der Waals surface area (Å²) < 4.78 is 5.82. The molecule has 5 nitrogen and oxygen atoms in total. The molecule has 0 saturated heterocycles. The minimum Gasteiger partial charge on any atom is -0.377 e. The van der Waals surface area contributed by atoms with Gasteiger partial charge in [0, 0.05) is 37.0 Å². The molecule has 0 amide bonds. The molecule has 0 spiro atoms. The molecule has 1 aromatic rings. The van der Waals surface area contributed by atoms with Gasteiger partial charge in [-0.25, -0.2) is 0 Å². The van der Waals surface area contributed by atoms with Crippen LogP contribution in [0.5, 0.6) is 0 Å². The molecule has 1 heterocycles. The van der Waals surface area contributed by atoms with Crippen LogP contribution in [0.4, 0.5) is 0 Å². The summed E-state index contributed by atoms with van der Waals surface area (Å²) in [6, 6.07) is 4.29. The molecule has 1 aromatic heterocycles. The maximum atomic E-state index is 5.82. The summed E-state index contributed by atoms with van der Waals surface area (Å²) >= 11 is 1.81. The van der Waals surface area contributed by atoms with E-state index in [0.29, 0.717) is 12.5 Å². The molecule has 2 atom stereocenters. The molecule has 0 aliphatic rings. The molecule has 0 aliphatic heterocycles. The lowest BCUT2D eigenvalue weighted by molar-refractivity contribution is 0.0582. The Kier molecular flexibility index (Phi) is 10.7. The second kappa shape index (κ2) is 12.3. The van der Waals surface area contributed by atoms with Gasteiger partial charge in [-0.05, 0) is 45.8 Å². The highest BCUT2D eigenvalue weighted by Gasteiger charge is 2.10. The van der Waals surface area contributed by atoms with Crippen LogP contribution < -0.4 is 10.6 Å². The fourth-order valence-corrected chi connectivity index (χ4v) is 3.11. The zero-order chi connectivity index (χ0) is 17.8. The molecule has 0 bridgehead atoms. The van der Waals surface area contributed by atoms with E-state index in [-0.39, 0.29) is 6.10 Å². The molecule has 0 radical (unpaired) electrons. The van der Waals surface area contributed by atoms with Crippen molar-refractivity contribution in [2.45, 2.75) is 39.2 Å². The van der Waals surface area contributed by atoms with Crippen molar-refractivity contribution >= 4 is 17.3 Å². The van der Waals surface area contributed by atoms with Crippen LogP contribution in [0.1, 0.15) is 38.0 Å². The van der Waals surface area contributed by atoms with E-state index in [1.165, 1.54) is 4.88 Å². The number of rotatable bonds is 11. The van der Waals surface area contributed by atoms with Crippen LogP contribution >= 0.6 is 11.3 Å². The van der Waals surface area contributed by atoms with Crippen LogP contribution in [0.25, 0.3) is 0 Å². The Balaban J connectivity index is 2.52. The van der Waals surface area contributed by atoms with Gasteiger partial charge < -0.3 is 20.3 Å². The third kappa shape index (κ3) is 8.66. The maximum absolute atomic E-state index is 5.82. The Labute approximate surface area is 151 Å². The summed E-state index contributed by atoms with van der Waals surface area (Å²) in [6.07, 6.45) is 1.16. The highest BCUT2D eigenvalue weighted by molar-refractivity contribution is 7.10. The third-order valence-corrected chi connectivity index (χ3v) is 4.81. The number of hydrogen-bond acceptors (Lipinski definition) is 4. The molecule has 2 unspecified atom stereocenters. The number of nitrogens with one attached hydrogen (secondary N) is 2. The normalized spacial score (nSPS) is 14.7. The zero-order valence-corrected chi connectivity index (χ0v) is 16.7. The summed E-state index contributed by atoms with van der Waals surface area (Å²) in [6.45, 7) is 10.5. The van der Waals surface area contributed by atoms with Gasteiger partial charge in [-0.2, -0.15) is 0 Å². The van der Waals surface area contributed by atoms with Gasteiger partial charge in [0.1, 0.15) is 0 Å². The van der Waals surface area contributed by atoms with Crippen molar-refractivity contribution in [3.05, 3.63) is 22.4 Å². The molecular weight excluding hydrogens is 320 g/mol. The molecule has 1 rings (SSSR count). The predicted octanol–water partition coefficient (Wildman–Crippen LogP) is 2.76. The molecule has 24 heavy (non-hydrogen) atoms. The Bertz CT molecular complexity index is 448. The first-order valence-electron chi connectivity index (χ1n) is 8.88. The second-order valence-corrected chi connectivity index (χ2v) is 7.17. The Hall–Kier alpha value is -1.11. The van der Waals surface area contributed by atoms with Crippen LogP contribution in [0, 0.1) is 0 Å². The van der Waals surface area contributed by atoms with Gasteiger partial charge in [-0.3, -0.25) is 4.99 Å². The monoisotopic (exact) mass is 354 g/mol. The summed E-state index contributed by atoms with van der Waals surface area (Å²) in [5.74, 6) is 1.35. The van der Waals surface area contributed by atoms with Gasteiger partial charge in [0.2, 0.25) is 0 Å². The number of ether oxygens (including phenoxy) is 1. The van der Waals surface area contributed by atoms with Crippen molar-refractivity contribution in [1.29, 1.82) is 0 Å². The molecule has 6 heteroatoms. The van der Waals surface area contributed by atoms with Gasteiger partial charge in [0.25, 0.3) is 0 Å². The number of hydrogen-bond donors (Lipinski definition) is 2. The van der Waals surface area contributed by atoms with Crippen molar-refractivity contribution in [3.8, 4) is 0 Å². The molecule has 0 fully saturated rings. The van der Waals surface area contributed by atoms with Gasteiger partial charge in [-0.1, -0.05) is 13.0 Å². The predicted molar refractivity (Wildman–Crippen MR) is 105 cm³/mol. The van der Waals surface area contributed by atoms with Crippen LogP contribution in [0.3, 0.4) is 0 Å². The molecule has 138 valence electrons. The third-order valence-electron chi connectivity index (χ3n) is 3.70. The summed E-state index contributed by atoms with van der Waals surface area (Å²) in [5, 5.41) is 8.90. The van der Waals surface area contributed by atoms with E-state index in [4.69, 9.17) is 9.73 Å². The van der Waals surface area contributed by atoms with Crippen molar-refractivity contribution in [2.75, 3.05) is 46.9 Å². The van der Waals surface area contributed by atoms with E-state index in [1.807, 2.05) is 6.92 Å². The van der Waals surface area contributed by atoms with Gasteiger partial charge >= 0.3 is 0 Å². The van der Waals surface area contributed by atoms with Crippen molar-refractivity contribution < 1.29 is 4.74 Å². The number of aliphatic imine (C=N–C) groups is 1. The average molecular weight is 355 g/mol. The number of thiophene rings is 1. The SMILES string of the molecule is CCNC(=NCC(CCN(C)C)OCC)NCC(C)c1cccs1. The number of guanidine groups is 1. The van der Waals surface area contributed by atoms with Crippen molar-refractivity contribution in [3.63, 3.8) is 0 Å². The summed E-state index contributed by atoms with van der Waals surface area (Å²) in [5.41, 5.74) is 0. The van der Waals surface area contributed by atoms with E-state index in [9.17, 15) is 0 Å². The highest BCUT2D eigenvalue weighted by Crippen LogP contribution is 2.19. The Morgan fingerprint density at radius 1 is 1.33 bits per heavy atom. The van der Waals surface area contributed by atoms with Crippen LogP contribution in [0.15, 0.2) is 22.5 Å². The first-order valence-corrected chi connectivity index (χ1v) is 9.76. The first-order chi connectivity index (χ1) is 11.6. The van der Waals surface area contributed by atoms with Crippen molar-refractivity contribution in [2.24, 2.45) is 4.99 Å². The second-order valence-electron chi connectivity index (χ2n) is 6.19. The van der Waals surface area contributed by atoms with Gasteiger partial charge in [0.05, 0.1) is 12.6 Å². The van der Waals surface area contributed by atoms with E-state index in [1.54, 1.807) is 11.3 Å². The fourth-order valence-electron chi connectivity index (χ4n) is 2.32. The fraction of sp³-hybridized carbons (Fsp3) is 0.722.